The van der Waals surface area contributed by atoms with Crippen molar-refractivity contribution < 1.29 is 18.3 Å². The van der Waals surface area contributed by atoms with Crippen molar-refractivity contribution in [1.82, 2.24) is 15.3 Å². The second-order valence-corrected chi connectivity index (χ2v) is 5.10. The van der Waals surface area contributed by atoms with Gasteiger partial charge in [0.1, 0.15) is 5.01 Å². The summed E-state index contributed by atoms with van der Waals surface area (Å²) in [6, 6.07) is 2.85. The normalized spacial score (nSPS) is 10.7. The van der Waals surface area contributed by atoms with E-state index in [-0.39, 0.29) is 11.8 Å². The van der Waals surface area contributed by atoms with Crippen LogP contribution in [0.25, 0.3) is 0 Å². The molecular formula is C13H13F2N3O2S. The Bertz CT molecular complexity index is 602. The van der Waals surface area contributed by atoms with Gasteiger partial charge in [-0.3, -0.25) is 4.79 Å². The summed E-state index contributed by atoms with van der Waals surface area (Å²) in [7, 11) is 0. The number of nitrogens with one attached hydrogen (secondary N) is 1. The lowest BCUT2D eigenvalue weighted by Crippen LogP contribution is -2.22. The number of rotatable bonds is 6. The van der Waals surface area contributed by atoms with Crippen LogP contribution in [-0.2, 0) is 6.54 Å². The summed E-state index contributed by atoms with van der Waals surface area (Å²) < 4.78 is 28.7. The first kappa shape index (κ1) is 15.3. The summed E-state index contributed by atoms with van der Waals surface area (Å²) in [6.07, 6.45) is -1.28. The number of carbonyl (C=O) groups excluding carboxylic acids is 1. The van der Waals surface area contributed by atoms with Crippen LogP contribution in [0.15, 0.2) is 23.7 Å². The second kappa shape index (κ2) is 7.07. The first-order valence-electron chi connectivity index (χ1n) is 6.11. The van der Waals surface area contributed by atoms with Gasteiger partial charge in [-0.1, -0.05) is 0 Å². The van der Waals surface area contributed by atoms with Crippen LogP contribution >= 0.6 is 11.3 Å². The molecule has 0 aromatic carbocycles. The van der Waals surface area contributed by atoms with Crippen molar-refractivity contribution in [3.8, 4) is 5.88 Å². The van der Waals surface area contributed by atoms with Gasteiger partial charge in [0, 0.05) is 23.3 Å². The maximum Gasteiger partial charge on any atom is 0.272 e. The van der Waals surface area contributed by atoms with Crippen LogP contribution in [0.1, 0.15) is 21.1 Å². The molecule has 21 heavy (non-hydrogen) atoms. The summed E-state index contributed by atoms with van der Waals surface area (Å²) in [5.41, 5.74) is 1.24. The van der Waals surface area contributed by atoms with E-state index in [0.717, 1.165) is 10.7 Å². The van der Waals surface area contributed by atoms with E-state index in [1.807, 2.05) is 12.3 Å². The van der Waals surface area contributed by atoms with Crippen molar-refractivity contribution in [2.75, 3.05) is 6.61 Å². The van der Waals surface area contributed by atoms with E-state index in [0.29, 0.717) is 12.1 Å². The predicted molar refractivity (Wildman–Crippen MR) is 73.8 cm³/mol. The summed E-state index contributed by atoms with van der Waals surface area (Å²) in [6.45, 7) is 1.49. The van der Waals surface area contributed by atoms with Gasteiger partial charge < -0.3 is 10.1 Å². The quantitative estimate of drug-likeness (QED) is 0.889. The van der Waals surface area contributed by atoms with Gasteiger partial charge >= 0.3 is 0 Å². The highest BCUT2D eigenvalue weighted by Crippen LogP contribution is 2.10. The topological polar surface area (TPSA) is 64.1 Å². The van der Waals surface area contributed by atoms with Gasteiger partial charge in [-0.15, -0.1) is 11.3 Å². The number of halogens is 2. The second-order valence-electron chi connectivity index (χ2n) is 4.15. The number of ether oxygens (including phenoxy) is 1. The fraction of sp³-hybridized carbons (Fsp3) is 0.308. The number of aryl methyl sites for hydroxylation is 1. The van der Waals surface area contributed by atoms with Crippen LogP contribution in [0.5, 0.6) is 5.88 Å². The number of aromatic nitrogens is 2. The molecule has 2 aromatic heterocycles. The molecule has 0 aliphatic carbocycles. The average Bonchev–Trinajstić information content (AvgIpc) is 2.89. The first-order chi connectivity index (χ1) is 10.0. The Labute approximate surface area is 124 Å². The van der Waals surface area contributed by atoms with Gasteiger partial charge in [-0.25, -0.2) is 18.7 Å². The number of thiazole rings is 1. The Morgan fingerprint density at radius 3 is 2.86 bits per heavy atom. The van der Waals surface area contributed by atoms with Crippen LogP contribution in [-0.4, -0.2) is 28.9 Å². The highest BCUT2D eigenvalue weighted by atomic mass is 32.1. The van der Waals surface area contributed by atoms with E-state index in [9.17, 15) is 13.6 Å². The Hall–Kier alpha value is -2.09. The molecule has 0 atom stereocenters. The number of amides is 1. The predicted octanol–water partition coefficient (Wildman–Crippen LogP) is 2.42. The highest BCUT2D eigenvalue weighted by Gasteiger charge is 2.09. The molecule has 8 heteroatoms. The maximum atomic E-state index is 12.0. The molecule has 2 rings (SSSR count). The number of pyridine rings is 1. The lowest BCUT2D eigenvalue weighted by molar-refractivity contribution is 0.0794. The third-order valence-corrected chi connectivity index (χ3v) is 3.39. The van der Waals surface area contributed by atoms with Crippen molar-refractivity contribution >= 4 is 17.2 Å². The van der Waals surface area contributed by atoms with E-state index < -0.39 is 13.0 Å². The third kappa shape index (κ3) is 4.75. The minimum Gasteiger partial charge on any atom is -0.472 e. The Morgan fingerprint density at radius 1 is 1.48 bits per heavy atom. The van der Waals surface area contributed by atoms with Crippen LogP contribution in [0.4, 0.5) is 8.78 Å². The van der Waals surface area contributed by atoms with E-state index in [4.69, 9.17) is 4.74 Å². The zero-order chi connectivity index (χ0) is 15.2. The molecule has 0 aliphatic heterocycles. The fourth-order valence-corrected chi connectivity index (χ4v) is 2.20. The SMILES string of the molecule is Cc1csc(CNC(=O)c2ccc(OCC(F)F)nc2)n1. The largest absolute Gasteiger partial charge is 0.472 e. The van der Waals surface area contributed by atoms with Crippen LogP contribution in [0.2, 0.25) is 0 Å². The minimum atomic E-state index is -2.56. The molecule has 1 N–H and O–H groups in total. The van der Waals surface area contributed by atoms with Crippen LogP contribution in [0.3, 0.4) is 0 Å². The lowest BCUT2D eigenvalue weighted by atomic mass is 10.2. The smallest absolute Gasteiger partial charge is 0.272 e. The highest BCUT2D eigenvalue weighted by molar-refractivity contribution is 7.09. The monoisotopic (exact) mass is 313 g/mol. The van der Waals surface area contributed by atoms with Gasteiger partial charge in [0.05, 0.1) is 12.1 Å². The minimum absolute atomic E-state index is 0.0578. The molecule has 0 fully saturated rings. The summed E-state index contributed by atoms with van der Waals surface area (Å²) in [5.74, 6) is -0.252. The van der Waals surface area contributed by atoms with Crippen LogP contribution in [0, 0.1) is 6.92 Å². The molecule has 1 amide bonds. The van der Waals surface area contributed by atoms with E-state index in [1.54, 1.807) is 0 Å². The summed E-state index contributed by atoms with van der Waals surface area (Å²) in [5, 5.41) is 5.42. The molecule has 0 unspecified atom stereocenters. The molecule has 5 nitrogen and oxygen atoms in total. The molecule has 0 radical (unpaired) electrons. The van der Waals surface area contributed by atoms with E-state index >= 15 is 0 Å². The summed E-state index contributed by atoms with van der Waals surface area (Å²) >= 11 is 1.47. The van der Waals surface area contributed by atoms with Crippen molar-refractivity contribution in [3.05, 3.63) is 40.0 Å². The van der Waals surface area contributed by atoms with Crippen molar-refractivity contribution in [2.24, 2.45) is 0 Å². The molecule has 2 aromatic rings. The number of hydrogen-bond donors (Lipinski definition) is 1. The third-order valence-electron chi connectivity index (χ3n) is 2.42. The Kier molecular flexibility index (Phi) is 5.15. The Balaban J connectivity index is 1.87. The summed E-state index contributed by atoms with van der Waals surface area (Å²) in [4.78, 5) is 19.9. The number of carbonyl (C=O) groups is 1. The van der Waals surface area contributed by atoms with Crippen LogP contribution < -0.4 is 10.1 Å². The molecule has 0 spiro atoms. The molecule has 0 saturated heterocycles. The van der Waals surface area contributed by atoms with Crippen molar-refractivity contribution in [2.45, 2.75) is 19.9 Å². The van der Waals surface area contributed by atoms with Gasteiger partial charge in [-0.2, -0.15) is 0 Å². The average molecular weight is 313 g/mol. The van der Waals surface area contributed by atoms with Gasteiger partial charge in [0.25, 0.3) is 12.3 Å². The van der Waals surface area contributed by atoms with E-state index in [2.05, 4.69) is 15.3 Å². The van der Waals surface area contributed by atoms with E-state index in [1.165, 1.54) is 29.7 Å². The molecule has 2 heterocycles. The van der Waals surface area contributed by atoms with Gasteiger partial charge in [0.2, 0.25) is 5.88 Å². The Morgan fingerprint density at radius 2 is 2.29 bits per heavy atom. The van der Waals surface area contributed by atoms with Gasteiger partial charge in [-0.05, 0) is 13.0 Å². The maximum absolute atomic E-state index is 12.0. The number of hydrogen-bond acceptors (Lipinski definition) is 5. The molecule has 0 saturated carbocycles. The molecular weight excluding hydrogens is 300 g/mol. The van der Waals surface area contributed by atoms with Gasteiger partial charge in [0.15, 0.2) is 6.61 Å². The van der Waals surface area contributed by atoms with Crippen molar-refractivity contribution in [3.63, 3.8) is 0 Å². The lowest BCUT2D eigenvalue weighted by Gasteiger charge is -2.06. The molecule has 112 valence electrons. The fourth-order valence-electron chi connectivity index (χ4n) is 1.49. The number of nitrogens with zero attached hydrogens (tertiary/aromatic N) is 2. The molecule has 0 bridgehead atoms. The van der Waals surface area contributed by atoms with Crippen molar-refractivity contribution in [1.29, 1.82) is 0 Å². The zero-order valence-corrected chi connectivity index (χ0v) is 12.0. The zero-order valence-electron chi connectivity index (χ0n) is 11.2. The standard InChI is InChI=1S/C13H13F2N3O2S/c1-8-7-21-12(18-8)5-17-13(19)9-2-3-11(16-4-9)20-6-10(14)15/h2-4,7,10H,5-6H2,1H3,(H,17,19). The molecule has 0 aliphatic rings. The number of alkyl halides is 2. The first-order valence-corrected chi connectivity index (χ1v) is 6.99.